The predicted molar refractivity (Wildman–Crippen MR) is 53.3 cm³/mol. The maximum absolute atomic E-state index is 5.15. The van der Waals surface area contributed by atoms with E-state index in [-0.39, 0.29) is 0 Å². The second-order valence-electron chi connectivity index (χ2n) is 2.50. The van der Waals surface area contributed by atoms with Crippen LogP contribution in [0.4, 0.5) is 5.69 Å². The fourth-order valence-electron chi connectivity index (χ4n) is 1.01. The number of ether oxygens (including phenoxy) is 2. The molecule has 0 atom stereocenters. The van der Waals surface area contributed by atoms with E-state index in [1.807, 2.05) is 12.1 Å². The summed E-state index contributed by atoms with van der Waals surface area (Å²) in [4.78, 5) is 4.65. The van der Waals surface area contributed by atoms with E-state index in [0.29, 0.717) is 5.75 Å². The third-order valence-electron chi connectivity index (χ3n) is 1.70. The molecule has 2 N–H and O–H groups in total. The first kappa shape index (κ1) is 10.6. The molecule has 0 aliphatic carbocycles. The Kier molecular flexibility index (Phi) is 4.03. The molecular weight excluding hydrogens is 184 g/mol. The Bertz CT molecular complexity index is 291. The van der Waals surface area contributed by atoms with Gasteiger partial charge in [0, 0.05) is 6.07 Å². The summed E-state index contributed by atoms with van der Waals surface area (Å²) in [5, 5.41) is 0. The van der Waals surface area contributed by atoms with E-state index in [0.717, 1.165) is 11.4 Å². The van der Waals surface area contributed by atoms with Crippen molar-refractivity contribution in [2.24, 2.45) is 0 Å². The van der Waals surface area contributed by atoms with Crippen molar-refractivity contribution in [2.75, 3.05) is 26.8 Å². The first-order chi connectivity index (χ1) is 6.81. The van der Waals surface area contributed by atoms with Crippen LogP contribution in [0, 0.1) is 0 Å². The number of hydrogen-bond donors (Lipinski definition) is 2. The summed E-state index contributed by atoms with van der Waals surface area (Å²) in [6, 6.07) is 5.42. The van der Waals surface area contributed by atoms with Gasteiger partial charge in [0.05, 0.1) is 27.0 Å². The van der Waals surface area contributed by atoms with E-state index >= 15 is 0 Å². The summed E-state index contributed by atoms with van der Waals surface area (Å²) < 4.78 is 10.2. The van der Waals surface area contributed by atoms with Gasteiger partial charge in [-0.25, -0.2) is 0 Å². The first-order valence-corrected chi connectivity index (χ1v) is 4.08. The molecule has 0 radical (unpaired) electrons. The van der Waals surface area contributed by atoms with Crippen molar-refractivity contribution in [2.45, 2.75) is 0 Å². The van der Waals surface area contributed by atoms with Crippen molar-refractivity contribution < 1.29 is 14.3 Å². The van der Waals surface area contributed by atoms with Crippen LogP contribution in [0.1, 0.15) is 0 Å². The zero-order chi connectivity index (χ0) is 10.4. The summed E-state index contributed by atoms with van der Waals surface area (Å²) in [6.07, 6.45) is 0. The van der Waals surface area contributed by atoms with E-state index in [2.05, 4.69) is 15.9 Å². The highest BCUT2D eigenvalue weighted by Crippen LogP contribution is 2.28. The van der Waals surface area contributed by atoms with Crippen LogP contribution in [0.2, 0.25) is 0 Å². The van der Waals surface area contributed by atoms with Gasteiger partial charge < -0.3 is 9.47 Å². The van der Waals surface area contributed by atoms with Crippen molar-refractivity contribution in [1.29, 1.82) is 0 Å². The Labute approximate surface area is 82.9 Å². The van der Waals surface area contributed by atoms with Gasteiger partial charge in [-0.3, -0.25) is 10.3 Å². The monoisotopic (exact) mass is 198 g/mol. The number of nitrogens with one attached hydrogen (secondary N) is 2. The highest BCUT2D eigenvalue weighted by molar-refractivity contribution is 5.58. The molecule has 1 aromatic rings. The highest BCUT2D eigenvalue weighted by Gasteiger charge is 2.03. The molecule has 0 aliphatic heterocycles. The molecule has 0 saturated carbocycles. The molecule has 0 heterocycles. The number of benzene rings is 1. The minimum Gasteiger partial charge on any atom is -0.497 e. The van der Waals surface area contributed by atoms with Crippen LogP contribution in [-0.2, 0) is 4.84 Å². The second kappa shape index (κ2) is 5.31. The third-order valence-corrected chi connectivity index (χ3v) is 1.70. The number of hydrazine groups is 1. The fraction of sp³-hybridized carbons (Fsp3) is 0.333. The minimum atomic E-state index is 0.675. The first-order valence-electron chi connectivity index (χ1n) is 4.08. The Morgan fingerprint density at radius 3 is 2.43 bits per heavy atom. The Morgan fingerprint density at radius 2 is 1.86 bits per heavy atom. The quantitative estimate of drug-likeness (QED) is 0.696. The zero-order valence-electron chi connectivity index (χ0n) is 8.46. The normalized spacial score (nSPS) is 9.64. The number of rotatable bonds is 5. The van der Waals surface area contributed by atoms with Crippen LogP contribution in [0.5, 0.6) is 11.5 Å². The lowest BCUT2D eigenvalue weighted by atomic mass is 10.3. The SMILES string of the molecule is CONNc1ccc(OC)cc1OC. The average molecular weight is 198 g/mol. The molecule has 14 heavy (non-hydrogen) atoms. The van der Waals surface area contributed by atoms with Crippen molar-refractivity contribution in [3.63, 3.8) is 0 Å². The topological polar surface area (TPSA) is 51.8 Å². The lowest BCUT2D eigenvalue weighted by molar-refractivity contribution is 0.111. The van der Waals surface area contributed by atoms with Gasteiger partial charge in [-0.1, -0.05) is 0 Å². The molecule has 1 aromatic carbocycles. The summed E-state index contributed by atoms with van der Waals surface area (Å²) in [7, 11) is 4.71. The molecule has 5 heteroatoms. The molecule has 0 bridgehead atoms. The molecule has 5 nitrogen and oxygen atoms in total. The summed E-state index contributed by atoms with van der Waals surface area (Å²) in [5.74, 6) is 1.42. The van der Waals surface area contributed by atoms with Crippen LogP contribution in [0.3, 0.4) is 0 Å². The summed E-state index contributed by atoms with van der Waals surface area (Å²) in [5.41, 5.74) is 6.09. The van der Waals surface area contributed by atoms with E-state index in [9.17, 15) is 0 Å². The van der Waals surface area contributed by atoms with Crippen molar-refractivity contribution in [3.8, 4) is 11.5 Å². The summed E-state index contributed by atoms with van der Waals surface area (Å²) >= 11 is 0. The molecule has 0 aliphatic rings. The standard InChI is InChI=1S/C9H14N2O3/c1-12-7-4-5-8(10-11-14-3)9(6-7)13-2/h4-6,10-11H,1-3H3. The van der Waals surface area contributed by atoms with Gasteiger partial charge in [0.1, 0.15) is 11.5 Å². The molecule has 0 saturated heterocycles. The Hall–Kier alpha value is -1.46. The molecule has 0 amide bonds. The maximum atomic E-state index is 5.15. The smallest absolute Gasteiger partial charge is 0.147 e. The van der Waals surface area contributed by atoms with Crippen LogP contribution in [-0.4, -0.2) is 21.3 Å². The van der Waals surface area contributed by atoms with Crippen molar-refractivity contribution >= 4 is 5.69 Å². The van der Waals surface area contributed by atoms with E-state index in [4.69, 9.17) is 9.47 Å². The number of hydrogen-bond acceptors (Lipinski definition) is 5. The second-order valence-corrected chi connectivity index (χ2v) is 2.50. The molecule has 0 unspecified atom stereocenters. The van der Waals surface area contributed by atoms with Gasteiger partial charge in [0.15, 0.2) is 0 Å². The van der Waals surface area contributed by atoms with Gasteiger partial charge in [-0.2, -0.15) is 0 Å². The summed E-state index contributed by atoms with van der Waals surface area (Å²) in [6.45, 7) is 0. The van der Waals surface area contributed by atoms with Gasteiger partial charge in [0.2, 0.25) is 0 Å². The largest absolute Gasteiger partial charge is 0.497 e. The maximum Gasteiger partial charge on any atom is 0.147 e. The molecular formula is C9H14N2O3. The Morgan fingerprint density at radius 1 is 1.07 bits per heavy atom. The minimum absolute atomic E-state index is 0.675. The van der Waals surface area contributed by atoms with Gasteiger partial charge in [0.25, 0.3) is 0 Å². The fourth-order valence-corrected chi connectivity index (χ4v) is 1.01. The van der Waals surface area contributed by atoms with Gasteiger partial charge >= 0.3 is 0 Å². The van der Waals surface area contributed by atoms with Crippen LogP contribution >= 0.6 is 0 Å². The number of anilines is 1. The van der Waals surface area contributed by atoms with E-state index in [1.165, 1.54) is 7.11 Å². The van der Waals surface area contributed by atoms with E-state index in [1.54, 1.807) is 20.3 Å². The van der Waals surface area contributed by atoms with Crippen LogP contribution in [0.15, 0.2) is 18.2 Å². The lowest BCUT2D eigenvalue weighted by Crippen LogP contribution is -2.20. The van der Waals surface area contributed by atoms with Crippen molar-refractivity contribution in [3.05, 3.63) is 18.2 Å². The van der Waals surface area contributed by atoms with E-state index < -0.39 is 0 Å². The Balaban J connectivity index is 2.82. The molecule has 1 rings (SSSR count). The highest BCUT2D eigenvalue weighted by atomic mass is 16.7. The van der Waals surface area contributed by atoms with Crippen molar-refractivity contribution in [1.82, 2.24) is 5.59 Å². The van der Waals surface area contributed by atoms with Gasteiger partial charge in [-0.05, 0) is 12.1 Å². The molecule has 0 spiro atoms. The van der Waals surface area contributed by atoms with Crippen LogP contribution < -0.4 is 20.5 Å². The van der Waals surface area contributed by atoms with Crippen LogP contribution in [0.25, 0.3) is 0 Å². The molecule has 0 aromatic heterocycles. The van der Waals surface area contributed by atoms with Gasteiger partial charge in [-0.15, -0.1) is 5.59 Å². The molecule has 78 valence electrons. The zero-order valence-corrected chi connectivity index (χ0v) is 8.46. The number of methoxy groups -OCH3 is 2. The third kappa shape index (κ3) is 2.51. The molecule has 0 fully saturated rings. The predicted octanol–water partition coefficient (Wildman–Crippen LogP) is 1.18. The average Bonchev–Trinajstić information content (AvgIpc) is 2.26. The lowest BCUT2D eigenvalue weighted by Gasteiger charge is -2.11.